The van der Waals surface area contributed by atoms with Crippen molar-refractivity contribution < 1.29 is 9.46 Å². The molecule has 1 atom stereocenters. The molecule has 2 rings (SSSR count). The van der Waals surface area contributed by atoms with Crippen LogP contribution in [0.3, 0.4) is 0 Å². The van der Waals surface area contributed by atoms with Crippen molar-refractivity contribution >= 4 is 8.69 Å². The quantitative estimate of drug-likeness (QED) is 0.811. The molecule has 2 aromatic carbocycles. The summed E-state index contributed by atoms with van der Waals surface area (Å²) in [6, 6.07) is 21.1. The first-order chi connectivity index (χ1) is 7.86. The predicted molar refractivity (Wildman–Crippen MR) is 68.3 cm³/mol. The molecule has 0 saturated heterocycles. The van der Waals surface area contributed by atoms with E-state index in [9.17, 15) is 0 Å². The van der Waals surface area contributed by atoms with E-state index in [4.69, 9.17) is 9.46 Å². The highest BCUT2D eigenvalue weighted by molar-refractivity contribution is 7.16. The van der Waals surface area contributed by atoms with Gasteiger partial charge in [-0.25, -0.2) is 0 Å². The Morgan fingerprint density at radius 2 is 1.12 bits per heavy atom. The van der Waals surface area contributed by atoms with Crippen LogP contribution in [-0.4, -0.2) is 4.89 Å². The van der Waals surface area contributed by atoms with Crippen LogP contribution in [0.15, 0.2) is 60.7 Å². The van der Waals surface area contributed by atoms with Crippen LogP contribution in [-0.2, 0) is 11.0 Å². The summed E-state index contributed by atoms with van der Waals surface area (Å²) in [5.74, 6) is 0. The van der Waals surface area contributed by atoms with E-state index in [1.165, 1.54) is 11.1 Å². The molecule has 0 amide bonds. The van der Waals surface area contributed by atoms with Crippen molar-refractivity contribution in [3.63, 3.8) is 0 Å². The van der Waals surface area contributed by atoms with Gasteiger partial charge in [-0.15, -0.1) is 0 Å². The fourth-order valence-electron chi connectivity index (χ4n) is 1.43. The molecule has 84 valence electrons. The lowest BCUT2D eigenvalue weighted by atomic mass is 10.1. The van der Waals surface area contributed by atoms with Gasteiger partial charge >= 0.3 is 0 Å². The lowest BCUT2D eigenvalue weighted by molar-refractivity contribution is 0.524. The Kier molecular flexibility index (Phi) is 6.24. The van der Waals surface area contributed by atoms with Gasteiger partial charge in [0.1, 0.15) is 0 Å². The first kappa shape index (κ1) is 12.7. The Hall–Kier alpha value is -1.37. The van der Waals surface area contributed by atoms with Gasteiger partial charge in [-0.05, 0) is 17.5 Å². The van der Waals surface area contributed by atoms with Crippen molar-refractivity contribution in [3.8, 4) is 0 Å². The minimum Gasteiger partial charge on any atom is -0.348 e. The third kappa shape index (κ3) is 4.92. The van der Waals surface area contributed by atoms with Gasteiger partial charge in [0, 0.05) is 0 Å². The van der Waals surface area contributed by atoms with E-state index in [0.717, 1.165) is 6.42 Å². The van der Waals surface area contributed by atoms with Gasteiger partial charge in [0.25, 0.3) is 0 Å². The Bertz CT molecular complexity index is 363. The highest BCUT2D eigenvalue weighted by Gasteiger charge is 1.92. The van der Waals surface area contributed by atoms with E-state index >= 15 is 0 Å². The molecule has 0 aliphatic carbocycles. The first-order valence-electron chi connectivity index (χ1n) is 5.02. The summed E-state index contributed by atoms with van der Waals surface area (Å²) in [4.78, 5) is 7.10. The monoisotopic (exact) mass is 234 g/mol. The van der Waals surface area contributed by atoms with Crippen molar-refractivity contribution in [1.82, 2.24) is 0 Å². The molecule has 1 unspecified atom stereocenters. The summed E-state index contributed by atoms with van der Waals surface area (Å²) in [6.45, 7) is 0. The van der Waals surface area contributed by atoms with Crippen LogP contribution < -0.4 is 0 Å². The maximum absolute atomic E-state index is 8.57. The van der Waals surface area contributed by atoms with Gasteiger partial charge in [0.15, 0.2) is 8.69 Å². The van der Waals surface area contributed by atoms with Crippen LogP contribution >= 0.6 is 8.69 Å². The number of hydrogen-bond acceptors (Lipinski definition) is 1. The van der Waals surface area contributed by atoms with E-state index in [-0.39, 0.29) is 0 Å². The number of hydrogen-bond donors (Lipinski definition) is 1. The number of benzene rings is 2. The predicted octanol–water partition coefficient (Wildman–Crippen LogP) is 2.93. The van der Waals surface area contributed by atoms with Crippen molar-refractivity contribution in [2.45, 2.75) is 6.42 Å². The summed E-state index contributed by atoms with van der Waals surface area (Å²) in [5, 5.41) is 0. The van der Waals surface area contributed by atoms with Gasteiger partial charge in [0.2, 0.25) is 0 Å². The zero-order valence-electron chi connectivity index (χ0n) is 8.91. The van der Waals surface area contributed by atoms with Crippen LogP contribution in [0.5, 0.6) is 0 Å². The average molecular weight is 234 g/mol. The Labute approximate surface area is 96.9 Å². The molecule has 0 aliphatic heterocycles. The SMILES string of the molecule is O=[PH2]O.c1ccc(Cc2ccccc2)cc1. The average Bonchev–Trinajstić information content (AvgIpc) is 2.33. The maximum atomic E-state index is 8.57. The molecule has 2 aromatic rings. The van der Waals surface area contributed by atoms with E-state index in [1.807, 2.05) is 0 Å². The van der Waals surface area contributed by atoms with Crippen molar-refractivity contribution in [2.24, 2.45) is 0 Å². The fourth-order valence-corrected chi connectivity index (χ4v) is 1.43. The molecule has 1 N–H and O–H groups in total. The minimum atomic E-state index is -1.50. The molecular formula is C13H15O2P. The molecular weight excluding hydrogens is 219 g/mol. The second-order valence-corrected chi connectivity index (χ2v) is 3.46. The third-order valence-electron chi connectivity index (χ3n) is 2.09. The van der Waals surface area contributed by atoms with Crippen molar-refractivity contribution in [1.29, 1.82) is 0 Å². The zero-order chi connectivity index (χ0) is 11.6. The Balaban J connectivity index is 0.000000386. The minimum absolute atomic E-state index is 1.03. The lowest BCUT2D eigenvalue weighted by Gasteiger charge is -2.00. The van der Waals surface area contributed by atoms with E-state index in [1.54, 1.807) is 0 Å². The van der Waals surface area contributed by atoms with Gasteiger partial charge in [-0.3, -0.25) is 4.57 Å². The maximum Gasteiger partial charge on any atom is 0.177 e. The molecule has 16 heavy (non-hydrogen) atoms. The summed E-state index contributed by atoms with van der Waals surface area (Å²) >= 11 is 0. The molecule has 0 radical (unpaired) electrons. The summed E-state index contributed by atoms with van der Waals surface area (Å²) < 4.78 is 8.57. The van der Waals surface area contributed by atoms with Gasteiger partial charge in [-0.2, -0.15) is 0 Å². The molecule has 0 aliphatic rings. The molecule has 0 saturated carbocycles. The Morgan fingerprint density at radius 1 is 0.812 bits per heavy atom. The van der Waals surface area contributed by atoms with Gasteiger partial charge < -0.3 is 4.89 Å². The highest BCUT2D eigenvalue weighted by atomic mass is 31.1. The van der Waals surface area contributed by atoms with Crippen molar-refractivity contribution in [3.05, 3.63) is 71.8 Å². The fraction of sp³-hybridized carbons (Fsp3) is 0.0769. The molecule has 0 fully saturated rings. The van der Waals surface area contributed by atoms with E-state index in [2.05, 4.69) is 60.7 Å². The molecule has 3 heteroatoms. The molecule has 0 bridgehead atoms. The van der Waals surface area contributed by atoms with Crippen LogP contribution in [0.2, 0.25) is 0 Å². The van der Waals surface area contributed by atoms with Crippen LogP contribution in [0.1, 0.15) is 11.1 Å². The Morgan fingerprint density at radius 3 is 1.44 bits per heavy atom. The van der Waals surface area contributed by atoms with E-state index in [0.29, 0.717) is 0 Å². The largest absolute Gasteiger partial charge is 0.348 e. The lowest BCUT2D eigenvalue weighted by Crippen LogP contribution is -1.85. The highest BCUT2D eigenvalue weighted by Crippen LogP contribution is 2.07. The normalized spacial score (nSPS) is 9.81. The van der Waals surface area contributed by atoms with Crippen LogP contribution in [0, 0.1) is 0 Å². The molecule has 0 aromatic heterocycles. The summed E-state index contributed by atoms with van der Waals surface area (Å²) in [7, 11) is -1.50. The van der Waals surface area contributed by atoms with Crippen LogP contribution in [0.4, 0.5) is 0 Å². The summed E-state index contributed by atoms with van der Waals surface area (Å²) in [6.07, 6.45) is 1.03. The van der Waals surface area contributed by atoms with Gasteiger partial charge in [-0.1, -0.05) is 60.7 Å². The third-order valence-corrected chi connectivity index (χ3v) is 2.09. The number of rotatable bonds is 2. The van der Waals surface area contributed by atoms with Gasteiger partial charge in [0.05, 0.1) is 0 Å². The standard InChI is InChI=1S/C13H12.H3O2P/c1-3-7-12(8-4-1)11-13-9-5-2-6-10-13;1-3-2/h1-10H,11H2;3H2,(H,1,2). The molecule has 2 nitrogen and oxygen atoms in total. The smallest absolute Gasteiger partial charge is 0.177 e. The van der Waals surface area contributed by atoms with Crippen LogP contribution in [0.25, 0.3) is 0 Å². The topological polar surface area (TPSA) is 37.3 Å². The summed E-state index contributed by atoms with van der Waals surface area (Å²) in [5.41, 5.74) is 2.74. The van der Waals surface area contributed by atoms with Crippen molar-refractivity contribution in [2.75, 3.05) is 0 Å². The molecule has 0 spiro atoms. The zero-order valence-corrected chi connectivity index (χ0v) is 10.1. The first-order valence-corrected chi connectivity index (χ1v) is 6.01. The second kappa shape index (κ2) is 7.86. The molecule has 0 heterocycles. The second-order valence-electron chi connectivity index (χ2n) is 3.25. The van der Waals surface area contributed by atoms with E-state index < -0.39 is 8.69 Å².